The molecular weight excluding hydrogens is 408 g/mol. The van der Waals surface area contributed by atoms with Crippen LogP contribution in [0, 0.1) is 6.92 Å². The number of thiazole rings is 1. The van der Waals surface area contributed by atoms with E-state index in [1.165, 1.54) is 11.3 Å². The summed E-state index contributed by atoms with van der Waals surface area (Å²) in [4.78, 5) is 18.3. The van der Waals surface area contributed by atoms with Crippen molar-refractivity contribution in [1.29, 1.82) is 0 Å². The molecular formula is C21H18N2O4S2. The van der Waals surface area contributed by atoms with Gasteiger partial charge < -0.3 is 4.42 Å². The number of nitrogens with one attached hydrogen (secondary N) is 1. The van der Waals surface area contributed by atoms with Crippen LogP contribution in [0.15, 0.2) is 59.0 Å². The van der Waals surface area contributed by atoms with Gasteiger partial charge in [-0.05, 0) is 18.6 Å². The zero-order chi connectivity index (χ0) is 20.6. The molecule has 0 spiro atoms. The first kappa shape index (κ1) is 19.4. The van der Waals surface area contributed by atoms with E-state index in [0.29, 0.717) is 21.7 Å². The van der Waals surface area contributed by atoms with Gasteiger partial charge in [0, 0.05) is 17.2 Å². The van der Waals surface area contributed by atoms with Crippen LogP contribution in [0.5, 0.6) is 0 Å². The summed E-state index contributed by atoms with van der Waals surface area (Å²) in [7, 11) is -3.36. The molecule has 1 amide bonds. The third-order valence-electron chi connectivity index (χ3n) is 4.36. The van der Waals surface area contributed by atoms with E-state index in [9.17, 15) is 13.2 Å². The van der Waals surface area contributed by atoms with Crippen LogP contribution in [-0.4, -0.2) is 25.6 Å². The van der Waals surface area contributed by atoms with Gasteiger partial charge in [0.1, 0.15) is 5.58 Å². The molecule has 29 heavy (non-hydrogen) atoms. The number of anilines is 1. The smallest absolute Gasteiger partial charge is 0.293 e. The Balaban J connectivity index is 1.69. The number of para-hydroxylation sites is 1. The lowest BCUT2D eigenvalue weighted by atomic mass is 10.1. The van der Waals surface area contributed by atoms with E-state index in [2.05, 4.69) is 10.3 Å². The van der Waals surface area contributed by atoms with Crippen LogP contribution in [0.25, 0.3) is 21.4 Å². The Morgan fingerprint density at radius 3 is 2.52 bits per heavy atom. The number of nitrogens with zero attached hydrogens (tertiary/aromatic N) is 1. The van der Waals surface area contributed by atoms with Crippen LogP contribution >= 0.6 is 11.3 Å². The van der Waals surface area contributed by atoms with Gasteiger partial charge in [-0.1, -0.05) is 59.9 Å². The SMILES string of the molecule is Cc1nc(NC(=O)c2oc3ccccc3c2CS(C)(=O)=O)sc1-c1ccccc1. The Labute approximate surface area is 172 Å². The fourth-order valence-electron chi connectivity index (χ4n) is 3.15. The first-order chi connectivity index (χ1) is 13.8. The second kappa shape index (κ2) is 7.46. The Bertz CT molecular complexity index is 1310. The minimum Gasteiger partial charge on any atom is -0.451 e. The largest absolute Gasteiger partial charge is 0.451 e. The van der Waals surface area contributed by atoms with Gasteiger partial charge in [-0.3, -0.25) is 10.1 Å². The summed E-state index contributed by atoms with van der Waals surface area (Å²) in [5.41, 5.74) is 2.65. The highest BCUT2D eigenvalue weighted by Gasteiger charge is 2.24. The van der Waals surface area contributed by atoms with Gasteiger partial charge in [0.05, 0.1) is 16.3 Å². The number of rotatable bonds is 5. The number of carbonyl (C=O) groups is 1. The van der Waals surface area contributed by atoms with Crippen LogP contribution in [0.3, 0.4) is 0 Å². The maximum absolute atomic E-state index is 12.9. The second-order valence-electron chi connectivity index (χ2n) is 6.73. The molecule has 0 unspecified atom stereocenters. The Morgan fingerprint density at radius 2 is 1.79 bits per heavy atom. The maximum Gasteiger partial charge on any atom is 0.293 e. The number of aromatic nitrogens is 1. The molecule has 4 aromatic rings. The molecule has 2 heterocycles. The number of amides is 1. The lowest BCUT2D eigenvalue weighted by Gasteiger charge is -2.02. The molecule has 4 rings (SSSR count). The Hall–Kier alpha value is -2.97. The maximum atomic E-state index is 12.9. The fraction of sp³-hybridized carbons (Fsp3) is 0.143. The molecule has 2 aromatic carbocycles. The van der Waals surface area contributed by atoms with Crippen LogP contribution in [-0.2, 0) is 15.6 Å². The number of carbonyl (C=O) groups excluding carboxylic acids is 1. The standard InChI is InChI=1S/C21H18N2O4S2/c1-13-19(14-8-4-3-5-9-14)28-21(22-13)23-20(24)18-16(12-29(2,25)26)15-10-6-7-11-17(15)27-18/h3-11H,12H2,1-2H3,(H,22,23,24). The number of furan rings is 1. The predicted molar refractivity (Wildman–Crippen MR) is 115 cm³/mol. The molecule has 0 radical (unpaired) electrons. The van der Waals surface area contributed by atoms with Crippen molar-refractivity contribution in [2.45, 2.75) is 12.7 Å². The van der Waals surface area contributed by atoms with Crippen molar-refractivity contribution in [1.82, 2.24) is 4.98 Å². The monoisotopic (exact) mass is 426 g/mol. The highest BCUT2D eigenvalue weighted by Crippen LogP contribution is 2.33. The van der Waals surface area contributed by atoms with Gasteiger partial charge in [-0.2, -0.15) is 0 Å². The predicted octanol–water partition coefficient (Wildman–Crippen LogP) is 4.66. The van der Waals surface area contributed by atoms with E-state index in [-0.39, 0.29) is 11.5 Å². The molecule has 0 fully saturated rings. The summed E-state index contributed by atoms with van der Waals surface area (Å²) in [5, 5.41) is 3.80. The summed E-state index contributed by atoms with van der Waals surface area (Å²) in [5.74, 6) is -0.808. The van der Waals surface area contributed by atoms with Gasteiger partial charge in [-0.15, -0.1) is 0 Å². The number of aryl methyl sites for hydroxylation is 1. The first-order valence-corrected chi connectivity index (χ1v) is 11.7. The van der Waals surface area contributed by atoms with Crippen molar-refractivity contribution in [3.05, 3.63) is 71.6 Å². The van der Waals surface area contributed by atoms with Crippen molar-refractivity contribution in [3.8, 4) is 10.4 Å². The number of benzene rings is 2. The molecule has 6 nitrogen and oxygen atoms in total. The summed E-state index contributed by atoms with van der Waals surface area (Å²) in [6.07, 6.45) is 1.13. The number of hydrogen-bond donors (Lipinski definition) is 1. The molecule has 0 aliphatic rings. The van der Waals surface area contributed by atoms with Crippen molar-refractivity contribution in [2.75, 3.05) is 11.6 Å². The van der Waals surface area contributed by atoms with Crippen LogP contribution in [0.1, 0.15) is 21.8 Å². The summed E-state index contributed by atoms with van der Waals surface area (Å²) >= 11 is 1.36. The summed E-state index contributed by atoms with van der Waals surface area (Å²) in [6, 6.07) is 16.8. The van der Waals surface area contributed by atoms with Gasteiger partial charge in [-0.25, -0.2) is 13.4 Å². The number of hydrogen-bond acceptors (Lipinski definition) is 6. The lowest BCUT2D eigenvalue weighted by Crippen LogP contribution is -2.14. The molecule has 0 saturated heterocycles. The summed E-state index contributed by atoms with van der Waals surface area (Å²) in [6.45, 7) is 1.88. The van der Waals surface area contributed by atoms with E-state index in [1.807, 2.05) is 37.3 Å². The van der Waals surface area contributed by atoms with Gasteiger partial charge in [0.25, 0.3) is 5.91 Å². The third kappa shape index (κ3) is 4.08. The molecule has 0 aliphatic carbocycles. The molecule has 0 bridgehead atoms. The van der Waals surface area contributed by atoms with E-state index in [1.54, 1.807) is 24.3 Å². The highest BCUT2D eigenvalue weighted by molar-refractivity contribution is 7.89. The molecule has 0 atom stereocenters. The second-order valence-corrected chi connectivity index (χ2v) is 9.87. The van der Waals surface area contributed by atoms with E-state index in [4.69, 9.17) is 4.42 Å². The minimum absolute atomic E-state index is 0.00857. The Morgan fingerprint density at radius 1 is 1.10 bits per heavy atom. The molecule has 2 aromatic heterocycles. The van der Waals surface area contributed by atoms with Crippen LogP contribution in [0.2, 0.25) is 0 Å². The fourth-order valence-corrected chi connectivity index (χ4v) is 4.93. The van der Waals surface area contributed by atoms with Gasteiger partial charge in [0.15, 0.2) is 20.7 Å². The van der Waals surface area contributed by atoms with E-state index < -0.39 is 15.7 Å². The third-order valence-corrected chi connectivity index (χ3v) is 6.30. The van der Waals surface area contributed by atoms with Gasteiger partial charge >= 0.3 is 0 Å². The number of fused-ring (bicyclic) bond motifs is 1. The van der Waals surface area contributed by atoms with Gasteiger partial charge in [0.2, 0.25) is 0 Å². The van der Waals surface area contributed by atoms with Crippen molar-refractivity contribution < 1.29 is 17.6 Å². The van der Waals surface area contributed by atoms with Crippen LogP contribution in [0.4, 0.5) is 5.13 Å². The molecule has 148 valence electrons. The van der Waals surface area contributed by atoms with Crippen molar-refractivity contribution >= 4 is 43.2 Å². The average molecular weight is 427 g/mol. The first-order valence-electron chi connectivity index (χ1n) is 8.84. The molecule has 8 heteroatoms. The highest BCUT2D eigenvalue weighted by atomic mass is 32.2. The summed E-state index contributed by atoms with van der Waals surface area (Å²) < 4.78 is 29.5. The topological polar surface area (TPSA) is 89.3 Å². The number of sulfone groups is 1. The van der Waals surface area contributed by atoms with E-state index >= 15 is 0 Å². The lowest BCUT2D eigenvalue weighted by molar-refractivity contribution is 0.0998. The Kier molecular flexibility index (Phi) is 4.97. The quantitative estimate of drug-likeness (QED) is 0.501. The van der Waals surface area contributed by atoms with Crippen molar-refractivity contribution in [2.24, 2.45) is 0 Å². The van der Waals surface area contributed by atoms with Crippen LogP contribution < -0.4 is 5.32 Å². The zero-order valence-corrected chi connectivity index (χ0v) is 17.4. The average Bonchev–Trinajstić information content (AvgIpc) is 3.22. The van der Waals surface area contributed by atoms with E-state index in [0.717, 1.165) is 22.4 Å². The molecule has 1 N–H and O–H groups in total. The normalized spacial score (nSPS) is 11.7. The molecule has 0 saturated carbocycles. The zero-order valence-electron chi connectivity index (χ0n) is 15.8. The van der Waals surface area contributed by atoms with Crippen molar-refractivity contribution in [3.63, 3.8) is 0 Å². The molecule has 0 aliphatic heterocycles. The minimum atomic E-state index is -3.36.